The van der Waals surface area contributed by atoms with Gasteiger partial charge in [-0.3, -0.25) is 4.68 Å². The molecule has 84 valence electrons. The van der Waals surface area contributed by atoms with E-state index in [0.717, 1.165) is 24.6 Å². The predicted octanol–water partition coefficient (Wildman–Crippen LogP) is 1.41. The van der Waals surface area contributed by atoms with Crippen LogP contribution in [0.2, 0.25) is 0 Å². The molecule has 2 heterocycles. The van der Waals surface area contributed by atoms with Crippen LogP contribution in [0.4, 0.5) is 5.95 Å². The molecule has 0 radical (unpaired) electrons. The van der Waals surface area contributed by atoms with Crippen LogP contribution < -0.4 is 5.32 Å². The summed E-state index contributed by atoms with van der Waals surface area (Å²) < 4.78 is 3.79. The molecule has 2 aromatic rings. The van der Waals surface area contributed by atoms with E-state index in [9.17, 15) is 0 Å². The number of nitrogens with one attached hydrogen (secondary N) is 1. The summed E-state index contributed by atoms with van der Waals surface area (Å²) in [5.74, 6) is 0.851. The second-order valence-electron chi connectivity index (χ2n) is 3.57. The van der Waals surface area contributed by atoms with E-state index >= 15 is 0 Å². The summed E-state index contributed by atoms with van der Waals surface area (Å²) >= 11 is 0. The number of anilines is 1. The summed E-state index contributed by atoms with van der Waals surface area (Å²) in [6.07, 6.45) is 9.36. The van der Waals surface area contributed by atoms with Crippen molar-refractivity contribution < 1.29 is 0 Å². The van der Waals surface area contributed by atoms with Crippen LogP contribution in [0.3, 0.4) is 0 Å². The number of allylic oxidation sites excluding steroid dienone is 1. The zero-order chi connectivity index (χ0) is 11.4. The Morgan fingerprint density at radius 2 is 2.44 bits per heavy atom. The second-order valence-corrected chi connectivity index (χ2v) is 3.57. The van der Waals surface area contributed by atoms with Crippen molar-refractivity contribution in [3.05, 3.63) is 43.0 Å². The fourth-order valence-electron chi connectivity index (χ4n) is 1.51. The molecule has 0 aromatic carbocycles. The largest absolute Gasteiger partial charge is 0.351 e. The van der Waals surface area contributed by atoms with Gasteiger partial charge in [0.1, 0.15) is 0 Å². The van der Waals surface area contributed by atoms with Crippen molar-refractivity contribution in [3.63, 3.8) is 0 Å². The fourth-order valence-corrected chi connectivity index (χ4v) is 1.51. The van der Waals surface area contributed by atoms with E-state index in [1.54, 1.807) is 10.9 Å². The van der Waals surface area contributed by atoms with Crippen LogP contribution in [0.15, 0.2) is 37.4 Å². The van der Waals surface area contributed by atoms with Gasteiger partial charge in [0.05, 0.1) is 6.20 Å². The zero-order valence-electron chi connectivity index (χ0n) is 9.30. The summed E-state index contributed by atoms with van der Waals surface area (Å²) in [4.78, 5) is 4.23. The predicted molar refractivity (Wildman–Crippen MR) is 63.0 cm³/mol. The highest BCUT2D eigenvalue weighted by molar-refractivity contribution is 5.27. The molecule has 5 heteroatoms. The molecule has 0 amide bonds. The Kier molecular flexibility index (Phi) is 3.05. The van der Waals surface area contributed by atoms with Crippen molar-refractivity contribution in [2.75, 3.05) is 5.32 Å². The molecule has 0 aliphatic carbocycles. The van der Waals surface area contributed by atoms with Gasteiger partial charge in [-0.1, -0.05) is 6.08 Å². The minimum absolute atomic E-state index is 0.724. The topological polar surface area (TPSA) is 47.7 Å². The highest BCUT2D eigenvalue weighted by atomic mass is 15.2. The maximum Gasteiger partial charge on any atom is 0.203 e. The van der Waals surface area contributed by atoms with Gasteiger partial charge in [0.25, 0.3) is 0 Å². The summed E-state index contributed by atoms with van der Waals surface area (Å²) in [6, 6.07) is 0. The third-order valence-electron chi connectivity index (χ3n) is 2.25. The molecule has 5 nitrogen and oxygen atoms in total. The Morgan fingerprint density at radius 3 is 3.12 bits per heavy atom. The smallest absolute Gasteiger partial charge is 0.203 e. The average molecular weight is 217 g/mol. The van der Waals surface area contributed by atoms with Crippen molar-refractivity contribution in [2.45, 2.75) is 13.1 Å². The van der Waals surface area contributed by atoms with Gasteiger partial charge >= 0.3 is 0 Å². The quantitative estimate of drug-likeness (QED) is 0.770. The molecule has 0 bridgehead atoms. The molecule has 0 spiro atoms. The molecule has 16 heavy (non-hydrogen) atoms. The average Bonchev–Trinajstić information content (AvgIpc) is 2.85. The normalized spacial score (nSPS) is 10.3. The molecule has 0 unspecified atom stereocenters. The lowest BCUT2D eigenvalue weighted by Crippen LogP contribution is -2.06. The van der Waals surface area contributed by atoms with E-state index in [0.29, 0.717) is 0 Å². The molecule has 0 atom stereocenters. The van der Waals surface area contributed by atoms with E-state index in [1.807, 2.05) is 36.3 Å². The molecule has 0 saturated carbocycles. The molecule has 0 aliphatic rings. The maximum atomic E-state index is 4.23. The SMILES string of the molecule is C=CCn1ccnc1NCc1cnn(C)c1. The maximum absolute atomic E-state index is 4.23. The van der Waals surface area contributed by atoms with Crippen LogP contribution in [0.25, 0.3) is 0 Å². The number of aromatic nitrogens is 4. The number of rotatable bonds is 5. The first-order valence-corrected chi connectivity index (χ1v) is 5.13. The van der Waals surface area contributed by atoms with Crippen LogP contribution in [0.1, 0.15) is 5.56 Å². The van der Waals surface area contributed by atoms with E-state index in [-0.39, 0.29) is 0 Å². The lowest BCUT2D eigenvalue weighted by atomic mass is 10.4. The zero-order valence-corrected chi connectivity index (χ0v) is 9.30. The lowest BCUT2D eigenvalue weighted by Gasteiger charge is -2.06. The van der Waals surface area contributed by atoms with Crippen molar-refractivity contribution in [1.29, 1.82) is 0 Å². The second kappa shape index (κ2) is 4.65. The van der Waals surface area contributed by atoms with Gasteiger partial charge in [-0.2, -0.15) is 5.10 Å². The summed E-state index contributed by atoms with van der Waals surface area (Å²) in [6.45, 7) is 5.19. The first-order valence-electron chi connectivity index (χ1n) is 5.13. The van der Waals surface area contributed by atoms with Crippen LogP contribution in [0.5, 0.6) is 0 Å². The van der Waals surface area contributed by atoms with Crippen molar-refractivity contribution in [2.24, 2.45) is 7.05 Å². The molecule has 1 N–H and O–H groups in total. The monoisotopic (exact) mass is 217 g/mol. The molecule has 0 saturated heterocycles. The highest BCUT2D eigenvalue weighted by Crippen LogP contribution is 2.06. The summed E-state index contributed by atoms with van der Waals surface area (Å²) in [5.41, 5.74) is 1.13. The van der Waals surface area contributed by atoms with Gasteiger partial charge in [0.15, 0.2) is 0 Å². The van der Waals surface area contributed by atoms with Gasteiger partial charge in [0.2, 0.25) is 5.95 Å². The van der Waals surface area contributed by atoms with Crippen molar-refractivity contribution in [1.82, 2.24) is 19.3 Å². The van der Waals surface area contributed by atoms with E-state index in [4.69, 9.17) is 0 Å². The van der Waals surface area contributed by atoms with E-state index in [2.05, 4.69) is 22.0 Å². The Balaban J connectivity index is 1.98. The van der Waals surface area contributed by atoms with E-state index in [1.165, 1.54) is 0 Å². The van der Waals surface area contributed by atoms with Crippen LogP contribution in [0, 0.1) is 0 Å². The molecule has 0 fully saturated rings. The lowest BCUT2D eigenvalue weighted by molar-refractivity contribution is 0.767. The number of imidazole rings is 1. The summed E-state index contributed by atoms with van der Waals surface area (Å²) in [5, 5.41) is 7.37. The molecular formula is C11H15N5. The Morgan fingerprint density at radius 1 is 1.56 bits per heavy atom. The molecule has 2 aromatic heterocycles. The van der Waals surface area contributed by atoms with Crippen LogP contribution in [-0.4, -0.2) is 19.3 Å². The van der Waals surface area contributed by atoms with Gasteiger partial charge < -0.3 is 9.88 Å². The fraction of sp³-hybridized carbons (Fsp3) is 0.273. The third-order valence-corrected chi connectivity index (χ3v) is 2.25. The van der Waals surface area contributed by atoms with Crippen LogP contribution in [-0.2, 0) is 20.1 Å². The summed E-state index contributed by atoms with van der Waals surface area (Å²) in [7, 11) is 1.90. The standard InChI is InChI=1S/C11H15N5/c1-3-5-16-6-4-12-11(16)13-7-10-8-14-15(2)9-10/h3-4,6,8-9H,1,5,7H2,2H3,(H,12,13). The van der Waals surface area contributed by atoms with E-state index < -0.39 is 0 Å². The Labute approximate surface area is 94.4 Å². The number of hydrogen-bond donors (Lipinski definition) is 1. The van der Waals surface area contributed by atoms with Gasteiger partial charge in [0, 0.05) is 44.3 Å². The van der Waals surface area contributed by atoms with Crippen molar-refractivity contribution in [3.8, 4) is 0 Å². The minimum Gasteiger partial charge on any atom is -0.351 e. The minimum atomic E-state index is 0.724. The molecule has 2 rings (SSSR count). The first kappa shape index (κ1) is 10.5. The third kappa shape index (κ3) is 2.31. The van der Waals surface area contributed by atoms with Crippen molar-refractivity contribution >= 4 is 5.95 Å². The highest BCUT2D eigenvalue weighted by Gasteiger charge is 2.01. The van der Waals surface area contributed by atoms with Crippen LogP contribution >= 0.6 is 0 Å². The first-order chi connectivity index (χ1) is 7.79. The van der Waals surface area contributed by atoms with Gasteiger partial charge in [-0.25, -0.2) is 4.98 Å². The number of nitrogens with zero attached hydrogens (tertiary/aromatic N) is 4. The Hall–Kier alpha value is -2.04. The number of aryl methyl sites for hydroxylation is 1. The van der Waals surface area contributed by atoms with Gasteiger partial charge in [-0.15, -0.1) is 6.58 Å². The molecular weight excluding hydrogens is 202 g/mol. The molecule has 0 aliphatic heterocycles. The number of hydrogen-bond acceptors (Lipinski definition) is 3. The Bertz CT molecular complexity index is 468. The van der Waals surface area contributed by atoms with Gasteiger partial charge in [-0.05, 0) is 0 Å².